The average molecular weight is 291 g/mol. The van der Waals surface area contributed by atoms with Gasteiger partial charge in [-0.05, 0) is 24.2 Å². The zero-order valence-corrected chi connectivity index (χ0v) is 12.1. The molecule has 3 N–H and O–H groups in total. The lowest BCUT2D eigenvalue weighted by molar-refractivity contribution is 0.0953. The molecular weight excluding hydrogens is 274 g/mol. The van der Waals surface area contributed by atoms with Crippen LogP contribution in [-0.2, 0) is 13.1 Å². The van der Waals surface area contributed by atoms with Crippen LogP contribution in [0.2, 0.25) is 0 Å². The Balaban J connectivity index is 1.99. The van der Waals surface area contributed by atoms with Crippen LogP contribution in [0.4, 0.5) is 0 Å². The summed E-state index contributed by atoms with van der Waals surface area (Å²) < 4.78 is 0. The fourth-order valence-corrected chi connectivity index (χ4v) is 2.51. The van der Waals surface area contributed by atoms with Crippen molar-refractivity contribution in [3.05, 3.63) is 46.2 Å². The molecule has 0 saturated heterocycles. The molecule has 2 rings (SSSR count). The molecule has 2 aromatic rings. The average Bonchev–Trinajstić information content (AvgIpc) is 2.95. The second kappa shape index (κ2) is 7.09. The smallest absolute Gasteiger partial charge is 0.294 e. The molecule has 0 spiro atoms. The number of nitrogens with two attached hydrogens (primary N) is 1. The van der Waals surface area contributed by atoms with E-state index in [0.29, 0.717) is 11.6 Å². The van der Waals surface area contributed by atoms with Crippen molar-refractivity contribution in [1.82, 2.24) is 20.3 Å². The van der Waals surface area contributed by atoms with Gasteiger partial charge in [0.25, 0.3) is 5.91 Å². The second-order valence-corrected chi connectivity index (χ2v) is 5.13. The normalized spacial score (nSPS) is 10.8. The number of hydrazine groups is 1. The van der Waals surface area contributed by atoms with Crippen LogP contribution in [0.5, 0.6) is 0 Å². The lowest BCUT2D eigenvalue weighted by atomic mass is 10.2. The molecule has 6 nitrogen and oxygen atoms in total. The number of amides is 1. The Kier molecular flexibility index (Phi) is 5.16. The Labute approximate surface area is 121 Å². The molecule has 0 radical (unpaired) electrons. The van der Waals surface area contributed by atoms with E-state index in [1.165, 1.54) is 16.9 Å². The zero-order chi connectivity index (χ0) is 14.4. The highest BCUT2D eigenvalue weighted by Gasteiger charge is 2.12. The number of hydrogen-bond donors (Lipinski definition) is 2. The minimum atomic E-state index is -0.349. The Morgan fingerprint density at radius 3 is 2.80 bits per heavy atom. The van der Waals surface area contributed by atoms with Crippen molar-refractivity contribution in [3.63, 3.8) is 0 Å². The summed E-state index contributed by atoms with van der Waals surface area (Å²) in [5.74, 6) is 4.75. The summed E-state index contributed by atoms with van der Waals surface area (Å²) in [5.41, 5.74) is 4.17. The minimum absolute atomic E-state index is 0.349. The number of nitrogens with zero attached hydrogens (tertiary/aromatic N) is 3. The lowest BCUT2D eigenvalue weighted by Gasteiger charge is -2.19. The van der Waals surface area contributed by atoms with E-state index in [-0.39, 0.29) is 5.91 Å². The van der Waals surface area contributed by atoms with Crippen molar-refractivity contribution in [2.24, 2.45) is 5.84 Å². The summed E-state index contributed by atoms with van der Waals surface area (Å²) in [7, 11) is 0. The fraction of sp³-hybridized carbons (Fsp3) is 0.308. The third kappa shape index (κ3) is 3.83. The molecule has 0 atom stereocenters. The Morgan fingerprint density at radius 1 is 1.40 bits per heavy atom. The predicted molar refractivity (Wildman–Crippen MR) is 77.8 cm³/mol. The van der Waals surface area contributed by atoms with Crippen LogP contribution in [0.15, 0.2) is 29.9 Å². The Morgan fingerprint density at radius 2 is 2.15 bits per heavy atom. The van der Waals surface area contributed by atoms with Crippen LogP contribution < -0.4 is 11.3 Å². The van der Waals surface area contributed by atoms with Gasteiger partial charge in [-0.1, -0.05) is 6.92 Å². The molecule has 7 heteroatoms. The van der Waals surface area contributed by atoms with E-state index in [1.54, 1.807) is 12.4 Å². The SMILES string of the molecule is CCN(Cc1ccncc1)Cc1csc(C(=O)NN)n1. The van der Waals surface area contributed by atoms with Gasteiger partial charge in [0.1, 0.15) is 0 Å². The van der Waals surface area contributed by atoms with Crippen LogP contribution in [-0.4, -0.2) is 27.3 Å². The van der Waals surface area contributed by atoms with Gasteiger partial charge in [0.05, 0.1) is 5.69 Å². The van der Waals surface area contributed by atoms with Crippen LogP contribution in [0.3, 0.4) is 0 Å². The minimum Gasteiger partial charge on any atom is -0.294 e. The number of hydrogen-bond acceptors (Lipinski definition) is 6. The van der Waals surface area contributed by atoms with Gasteiger partial charge in [-0.25, -0.2) is 10.8 Å². The summed E-state index contributed by atoms with van der Waals surface area (Å²) in [5, 5.41) is 2.28. The summed E-state index contributed by atoms with van der Waals surface area (Å²) in [6, 6.07) is 3.99. The monoisotopic (exact) mass is 291 g/mol. The van der Waals surface area contributed by atoms with Crippen molar-refractivity contribution in [3.8, 4) is 0 Å². The topological polar surface area (TPSA) is 84.1 Å². The first-order valence-electron chi connectivity index (χ1n) is 6.29. The quantitative estimate of drug-likeness (QED) is 0.474. The molecule has 0 aliphatic carbocycles. The number of nitrogens with one attached hydrogen (secondary N) is 1. The molecule has 20 heavy (non-hydrogen) atoms. The van der Waals surface area contributed by atoms with Crippen molar-refractivity contribution in [2.75, 3.05) is 6.54 Å². The van der Waals surface area contributed by atoms with E-state index in [1.807, 2.05) is 17.5 Å². The van der Waals surface area contributed by atoms with Crippen molar-refractivity contribution < 1.29 is 4.79 Å². The van der Waals surface area contributed by atoms with Crippen molar-refractivity contribution >= 4 is 17.2 Å². The van der Waals surface area contributed by atoms with Crippen LogP contribution in [0.25, 0.3) is 0 Å². The number of carbonyl (C=O) groups is 1. The van der Waals surface area contributed by atoms with Gasteiger partial charge in [0, 0.05) is 30.9 Å². The summed E-state index contributed by atoms with van der Waals surface area (Å²) in [4.78, 5) is 21.9. The van der Waals surface area contributed by atoms with E-state index in [4.69, 9.17) is 5.84 Å². The first-order valence-corrected chi connectivity index (χ1v) is 7.17. The van der Waals surface area contributed by atoms with Gasteiger partial charge in [-0.3, -0.25) is 20.1 Å². The molecule has 0 unspecified atom stereocenters. The van der Waals surface area contributed by atoms with E-state index in [2.05, 4.69) is 27.2 Å². The van der Waals surface area contributed by atoms with Gasteiger partial charge >= 0.3 is 0 Å². The number of carbonyl (C=O) groups excluding carboxylic acids is 1. The second-order valence-electron chi connectivity index (χ2n) is 4.28. The largest absolute Gasteiger partial charge is 0.294 e. The molecule has 2 heterocycles. The van der Waals surface area contributed by atoms with Gasteiger partial charge in [-0.15, -0.1) is 11.3 Å². The number of pyridine rings is 1. The number of thiazole rings is 1. The van der Waals surface area contributed by atoms with Crippen LogP contribution >= 0.6 is 11.3 Å². The zero-order valence-electron chi connectivity index (χ0n) is 11.2. The highest BCUT2D eigenvalue weighted by atomic mass is 32.1. The van der Waals surface area contributed by atoms with E-state index in [9.17, 15) is 4.79 Å². The highest BCUT2D eigenvalue weighted by molar-refractivity contribution is 7.11. The molecule has 1 amide bonds. The number of nitrogen functional groups attached to an aromatic ring is 1. The van der Waals surface area contributed by atoms with Crippen LogP contribution in [0.1, 0.15) is 28.0 Å². The molecule has 0 aromatic carbocycles. The molecule has 0 aliphatic heterocycles. The van der Waals surface area contributed by atoms with Crippen molar-refractivity contribution in [1.29, 1.82) is 0 Å². The molecule has 0 aliphatic rings. The summed E-state index contributed by atoms with van der Waals surface area (Å²) in [6.07, 6.45) is 3.57. The molecule has 0 fully saturated rings. The third-order valence-corrected chi connectivity index (χ3v) is 3.76. The van der Waals surface area contributed by atoms with Crippen molar-refractivity contribution in [2.45, 2.75) is 20.0 Å². The summed E-state index contributed by atoms with van der Waals surface area (Å²) in [6.45, 7) is 4.53. The molecule has 106 valence electrons. The number of aromatic nitrogens is 2. The third-order valence-electron chi connectivity index (χ3n) is 2.87. The summed E-state index contributed by atoms with van der Waals surface area (Å²) >= 11 is 1.30. The first-order chi connectivity index (χ1) is 9.72. The molecule has 0 saturated carbocycles. The van der Waals surface area contributed by atoms with Gasteiger partial charge in [-0.2, -0.15) is 0 Å². The van der Waals surface area contributed by atoms with Gasteiger partial charge in [0.2, 0.25) is 0 Å². The van der Waals surface area contributed by atoms with Gasteiger partial charge in [0.15, 0.2) is 5.01 Å². The standard InChI is InChI=1S/C13H17N5OS/c1-2-18(7-10-3-5-15-6-4-10)8-11-9-20-13(16-11)12(19)17-14/h3-6,9H,2,7-8,14H2,1H3,(H,17,19). The lowest BCUT2D eigenvalue weighted by Crippen LogP contribution is -2.30. The maximum absolute atomic E-state index is 11.4. The first kappa shape index (κ1) is 14.6. The number of rotatable bonds is 6. The van der Waals surface area contributed by atoms with E-state index < -0.39 is 0 Å². The fourth-order valence-electron chi connectivity index (χ4n) is 1.80. The maximum Gasteiger partial charge on any atom is 0.294 e. The molecular formula is C13H17N5OS. The Bertz CT molecular complexity index is 557. The van der Waals surface area contributed by atoms with Gasteiger partial charge < -0.3 is 0 Å². The highest BCUT2D eigenvalue weighted by Crippen LogP contribution is 2.13. The van der Waals surface area contributed by atoms with E-state index in [0.717, 1.165) is 18.8 Å². The molecule has 0 bridgehead atoms. The van der Waals surface area contributed by atoms with E-state index >= 15 is 0 Å². The van der Waals surface area contributed by atoms with Crippen LogP contribution in [0, 0.1) is 0 Å². The maximum atomic E-state index is 11.4. The predicted octanol–water partition coefficient (Wildman–Crippen LogP) is 1.16. The Hall–Kier alpha value is -1.83. The molecule has 2 aromatic heterocycles.